The molecule has 0 aliphatic rings. The van der Waals surface area contributed by atoms with Crippen LogP contribution in [0, 0.1) is 0 Å². The second-order valence-electron chi connectivity index (χ2n) is 6.79. The van der Waals surface area contributed by atoms with E-state index in [0.29, 0.717) is 32.5 Å². The van der Waals surface area contributed by atoms with Crippen LogP contribution < -0.4 is 5.32 Å². The maximum atomic E-state index is 12.7. The molecule has 0 radical (unpaired) electrons. The highest BCUT2D eigenvalue weighted by molar-refractivity contribution is 7.89. The molecule has 1 aromatic heterocycles. The standard InChI is InChI=1S/C21H25ClN4O3S/c1-3-26(4-2)30(28,29)15-11-12-17(22)16(14-15)21(27)23-13-7-10-20-24-18-8-5-6-9-19(18)25-20/h5-6,8-9,11-12,14H,3-4,7,10,13H2,1-2H3,(H,23,27)(H,24,25). The molecule has 0 saturated heterocycles. The van der Waals surface area contributed by atoms with Crippen LogP contribution in [0.3, 0.4) is 0 Å². The van der Waals surface area contributed by atoms with Crippen molar-refractivity contribution in [3.05, 3.63) is 58.9 Å². The number of carbonyl (C=O) groups excluding carboxylic acids is 1. The van der Waals surface area contributed by atoms with Crippen molar-refractivity contribution in [3.63, 3.8) is 0 Å². The van der Waals surface area contributed by atoms with Gasteiger partial charge in [0.25, 0.3) is 5.91 Å². The summed E-state index contributed by atoms with van der Waals surface area (Å²) < 4.78 is 26.8. The van der Waals surface area contributed by atoms with Gasteiger partial charge < -0.3 is 10.3 Å². The van der Waals surface area contributed by atoms with Crippen LogP contribution in [0.2, 0.25) is 5.02 Å². The van der Waals surface area contributed by atoms with Crippen molar-refractivity contribution in [2.24, 2.45) is 0 Å². The highest BCUT2D eigenvalue weighted by Gasteiger charge is 2.23. The summed E-state index contributed by atoms with van der Waals surface area (Å²) in [6.45, 7) is 4.66. The highest BCUT2D eigenvalue weighted by atomic mass is 35.5. The Morgan fingerprint density at radius 1 is 1.17 bits per heavy atom. The molecule has 0 fully saturated rings. The SMILES string of the molecule is CCN(CC)S(=O)(=O)c1ccc(Cl)c(C(=O)NCCCc2nc3ccccc3[nH]2)c1. The van der Waals surface area contributed by atoms with E-state index in [4.69, 9.17) is 11.6 Å². The van der Waals surface area contributed by atoms with E-state index in [2.05, 4.69) is 15.3 Å². The van der Waals surface area contributed by atoms with Crippen LogP contribution in [0.15, 0.2) is 47.4 Å². The lowest BCUT2D eigenvalue weighted by Crippen LogP contribution is -2.31. The fraction of sp³-hybridized carbons (Fsp3) is 0.333. The van der Waals surface area contributed by atoms with Gasteiger partial charge in [-0.15, -0.1) is 0 Å². The predicted molar refractivity (Wildman–Crippen MR) is 118 cm³/mol. The van der Waals surface area contributed by atoms with E-state index in [1.54, 1.807) is 13.8 Å². The zero-order valence-electron chi connectivity index (χ0n) is 17.0. The molecule has 3 rings (SSSR count). The van der Waals surface area contributed by atoms with E-state index in [1.165, 1.54) is 22.5 Å². The number of carbonyl (C=O) groups is 1. The predicted octanol–water partition coefficient (Wildman–Crippen LogP) is 3.61. The van der Waals surface area contributed by atoms with Crippen molar-refractivity contribution >= 4 is 38.6 Å². The van der Waals surface area contributed by atoms with Crippen molar-refractivity contribution in [2.45, 2.75) is 31.6 Å². The Bertz CT molecular complexity index is 1110. The molecule has 7 nitrogen and oxygen atoms in total. The minimum Gasteiger partial charge on any atom is -0.352 e. The van der Waals surface area contributed by atoms with Crippen LogP contribution in [0.25, 0.3) is 11.0 Å². The second kappa shape index (κ2) is 9.59. The maximum absolute atomic E-state index is 12.7. The molecular weight excluding hydrogens is 424 g/mol. The van der Waals surface area contributed by atoms with Crippen molar-refractivity contribution in [1.29, 1.82) is 0 Å². The van der Waals surface area contributed by atoms with Gasteiger partial charge in [-0.25, -0.2) is 13.4 Å². The van der Waals surface area contributed by atoms with Gasteiger partial charge in [0.1, 0.15) is 5.82 Å². The van der Waals surface area contributed by atoms with Crippen molar-refractivity contribution in [2.75, 3.05) is 19.6 Å². The fourth-order valence-electron chi connectivity index (χ4n) is 3.23. The number of H-pyrrole nitrogens is 1. The third-order valence-corrected chi connectivity index (χ3v) is 7.22. The number of aromatic amines is 1. The van der Waals surface area contributed by atoms with Crippen molar-refractivity contribution in [3.8, 4) is 0 Å². The number of rotatable bonds is 9. The number of sulfonamides is 1. The van der Waals surface area contributed by atoms with Gasteiger partial charge >= 0.3 is 0 Å². The molecule has 0 saturated carbocycles. The van der Waals surface area contributed by atoms with E-state index in [0.717, 1.165) is 16.9 Å². The van der Waals surface area contributed by atoms with Crippen LogP contribution in [0.4, 0.5) is 0 Å². The van der Waals surface area contributed by atoms with E-state index < -0.39 is 15.9 Å². The van der Waals surface area contributed by atoms with E-state index >= 15 is 0 Å². The number of hydrogen-bond acceptors (Lipinski definition) is 4. The number of imidazole rings is 1. The first kappa shape index (κ1) is 22.3. The van der Waals surface area contributed by atoms with Crippen LogP contribution >= 0.6 is 11.6 Å². The van der Waals surface area contributed by atoms with E-state index in [1.807, 2.05) is 24.3 Å². The summed E-state index contributed by atoms with van der Waals surface area (Å²) in [6.07, 6.45) is 1.36. The molecule has 3 aromatic rings. The van der Waals surface area contributed by atoms with Gasteiger partial charge in [0, 0.05) is 26.1 Å². The lowest BCUT2D eigenvalue weighted by Gasteiger charge is -2.19. The third-order valence-electron chi connectivity index (χ3n) is 4.84. The summed E-state index contributed by atoms with van der Waals surface area (Å²) in [4.78, 5) is 20.4. The van der Waals surface area contributed by atoms with Gasteiger partial charge in [-0.3, -0.25) is 4.79 Å². The third kappa shape index (κ3) is 4.83. The summed E-state index contributed by atoms with van der Waals surface area (Å²) >= 11 is 6.16. The molecule has 1 heterocycles. The second-order valence-corrected chi connectivity index (χ2v) is 9.14. The number of fused-ring (bicyclic) bond motifs is 1. The van der Waals surface area contributed by atoms with Gasteiger partial charge in [-0.1, -0.05) is 37.6 Å². The number of para-hydroxylation sites is 2. The molecule has 9 heteroatoms. The zero-order valence-corrected chi connectivity index (χ0v) is 18.6. The van der Waals surface area contributed by atoms with Gasteiger partial charge in [0.05, 0.1) is 26.5 Å². The lowest BCUT2D eigenvalue weighted by atomic mass is 10.2. The Hall–Kier alpha value is -2.42. The largest absolute Gasteiger partial charge is 0.352 e. The molecule has 0 unspecified atom stereocenters. The first-order valence-electron chi connectivity index (χ1n) is 9.88. The van der Waals surface area contributed by atoms with E-state index in [9.17, 15) is 13.2 Å². The number of aryl methyl sites for hydroxylation is 1. The number of halogens is 1. The first-order chi connectivity index (χ1) is 14.4. The van der Waals surface area contributed by atoms with E-state index in [-0.39, 0.29) is 15.5 Å². The van der Waals surface area contributed by atoms with Crippen LogP contribution in [0.5, 0.6) is 0 Å². The van der Waals surface area contributed by atoms with Crippen LogP contribution in [-0.4, -0.2) is 48.2 Å². The number of nitrogens with one attached hydrogen (secondary N) is 2. The minimum absolute atomic E-state index is 0.0584. The maximum Gasteiger partial charge on any atom is 0.252 e. The topological polar surface area (TPSA) is 95.2 Å². The van der Waals surface area contributed by atoms with Crippen LogP contribution in [-0.2, 0) is 16.4 Å². The fourth-order valence-corrected chi connectivity index (χ4v) is 4.92. The Kier molecular flexibility index (Phi) is 7.12. The number of benzene rings is 2. The number of hydrogen-bond donors (Lipinski definition) is 2. The molecule has 1 amide bonds. The summed E-state index contributed by atoms with van der Waals surface area (Å²) in [5, 5.41) is 3.02. The van der Waals surface area contributed by atoms with Crippen molar-refractivity contribution < 1.29 is 13.2 Å². The monoisotopic (exact) mass is 448 g/mol. The average Bonchev–Trinajstić information content (AvgIpc) is 3.14. The highest BCUT2D eigenvalue weighted by Crippen LogP contribution is 2.23. The molecule has 2 N–H and O–H groups in total. The Morgan fingerprint density at radius 3 is 2.60 bits per heavy atom. The summed E-state index contributed by atoms with van der Waals surface area (Å²) in [5.41, 5.74) is 2.04. The smallest absolute Gasteiger partial charge is 0.252 e. The molecule has 160 valence electrons. The normalized spacial score (nSPS) is 11.9. The molecule has 0 spiro atoms. The van der Waals surface area contributed by atoms with Crippen molar-refractivity contribution in [1.82, 2.24) is 19.6 Å². The molecule has 0 aliphatic heterocycles. The summed E-state index contributed by atoms with van der Waals surface area (Å²) in [7, 11) is -3.67. The molecular formula is C21H25ClN4O3S. The number of nitrogens with zero attached hydrogens (tertiary/aromatic N) is 2. The molecule has 0 aliphatic carbocycles. The minimum atomic E-state index is -3.67. The zero-order chi connectivity index (χ0) is 21.7. The lowest BCUT2D eigenvalue weighted by molar-refractivity contribution is 0.0953. The molecule has 0 bridgehead atoms. The molecule has 30 heavy (non-hydrogen) atoms. The number of aromatic nitrogens is 2. The Balaban J connectivity index is 1.63. The molecule has 2 aromatic carbocycles. The van der Waals surface area contributed by atoms with Gasteiger partial charge in [0.2, 0.25) is 10.0 Å². The Morgan fingerprint density at radius 2 is 1.90 bits per heavy atom. The van der Waals surface area contributed by atoms with Crippen LogP contribution in [0.1, 0.15) is 36.5 Å². The quantitative estimate of drug-likeness (QED) is 0.489. The first-order valence-corrected chi connectivity index (χ1v) is 11.7. The Labute approximate surface area is 181 Å². The average molecular weight is 449 g/mol. The van der Waals surface area contributed by atoms with Gasteiger partial charge in [-0.2, -0.15) is 4.31 Å². The summed E-state index contributed by atoms with van der Waals surface area (Å²) in [5.74, 6) is 0.456. The van der Waals surface area contributed by atoms with Gasteiger partial charge in [-0.05, 0) is 36.8 Å². The summed E-state index contributed by atoms with van der Waals surface area (Å²) in [6, 6.07) is 12.0. The number of amides is 1. The molecule has 0 atom stereocenters. The van der Waals surface area contributed by atoms with Gasteiger partial charge in [0.15, 0.2) is 0 Å².